The van der Waals surface area contributed by atoms with Gasteiger partial charge in [0.05, 0.1) is 0 Å². The summed E-state index contributed by atoms with van der Waals surface area (Å²) in [6, 6.07) is 0. The molecule has 1 saturated carbocycles. The lowest BCUT2D eigenvalue weighted by molar-refractivity contribution is 0.508. The van der Waals surface area contributed by atoms with E-state index in [1.807, 2.05) is 0 Å². The Morgan fingerprint density at radius 1 is 0.542 bits per heavy atom. The van der Waals surface area contributed by atoms with E-state index >= 15 is 0 Å². The zero-order valence-electron chi connectivity index (χ0n) is 16.9. The molecule has 0 aromatic carbocycles. The standard InChI is InChI=1S/C23H47P/c1-2-3-4-5-6-10-13-16-19-22-24-23-20-17-14-11-8-7-9-12-15-18-21-23/h23-24H,2-22H2,1H3. The first-order chi connectivity index (χ1) is 11.9. The molecule has 0 amide bonds. The maximum absolute atomic E-state index is 2.31. The van der Waals surface area contributed by atoms with Crippen molar-refractivity contribution in [3.8, 4) is 0 Å². The van der Waals surface area contributed by atoms with Crippen molar-refractivity contribution in [3.05, 3.63) is 0 Å². The fraction of sp³-hybridized carbons (Fsp3) is 1.00. The first kappa shape index (κ1) is 22.5. The van der Waals surface area contributed by atoms with Crippen molar-refractivity contribution >= 4 is 8.58 Å². The van der Waals surface area contributed by atoms with Gasteiger partial charge < -0.3 is 0 Å². The first-order valence-corrected chi connectivity index (χ1v) is 13.0. The molecule has 1 fully saturated rings. The van der Waals surface area contributed by atoms with Gasteiger partial charge in [0.15, 0.2) is 0 Å². The van der Waals surface area contributed by atoms with Crippen LogP contribution in [-0.2, 0) is 0 Å². The van der Waals surface area contributed by atoms with E-state index in [0.717, 1.165) is 5.66 Å². The van der Waals surface area contributed by atoms with Crippen LogP contribution in [0.15, 0.2) is 0 Å². The molecule has 1 aliphatic rings. The third-order valence-electron chi connectivity index (χ3n) is 5.82. The fourth-order valence-corrected chi connectivity index (χ4v) is 5.79. The van der Waals surface area contributed by atoms with E-state index in [1.54, 1.807) is 19.0 Å². The minimum absolute atomic E-state index is 1.10. The highest BCUT2D eigenvalue weighted by Gasteiger charge is 2.09. The van der Waals surface area contributed by atoms with Gasteiger partial charge in [0.25, 0.3) is 0 Å². The van der Waals surface area contributed by atoms with Crippen molar-refractivity contribution in [2.24, 2.45) is 0 Å². The second-order valence-corrected chi connectivity index (χ2v) is 9.96. The lowest BCUT2D eigenvalue weighted by atomic mass is 10.0. The summed E-state index contributed by atoms with van der Waals surface area (Å²) in [6.07, 6.45) is 31.5. The summed E-state index contributed by atoms with van der Waals surface area (Å²) >= 11 is 0. The Hall–Kier alpha value is 0.430. The van der Waals surface area contributed by atoms with Gasteiger partial charge in [-0.05, 0) is 31.1 Å². The lowest BCUT2D eigenvalue weighted by Crippen LogP contribution is -2.03. The minimum Gasteiger partial charge on any atom is -0.119 e. The van der Waals surface area contributed by atoms with E-state index in [-0.39, 0.29) is 0 Å². The second-order valence-electron chi connectivity index (χ2n) is 8.24. The van der Waals surface area contributed by atoms with Gasteiger partial charge in [-0.2, -0.15) is 0 Å². The Labute approximate surface area is 156 Å². The van der Waals surface area contributed by atoms with Crippen molar-refractivity contribution in [3.63, 3.8) is 0 Å². The highest BCUT2D eigenvalue weighted by Crippen LogP contribution is 2.31. The molecule has 0 nitrogen and oxygen atoms in total. The molecule has 1 unspecified atom stereocenters. The van der Waals surface area contributed by atoms with Gasteiger partial charge in [-0.1, -0.05) is 116 Å². The molecule has 0 aromatic heterocycles. The fourth-order valence-electron chi connectivity index (χ4n) is 4.11. The third kappa shape index (κ3) is 14.7. The summed E-state index contributed by atoms with van der Waals surface area (Å²) in [6.45, 7) is 2.31. The molecule has 0 N–H and O–H groups in total. The summed E-state index contributed by atoms with van der Waals surface area (Å²) in [5, 5.41) is 0. The highest BCUT2D eigenvalue weighted by atomic mass is 31.1. The predicted octanol–water partition coefficient (Wildman–Crippen LogP) is 8.87. The van der Waals surface area contributed by atoms with Crippen LogP contribution in [0.1, 0.15) is 135 Å². The summed E-state index contributed by atoms with van der Waals surface area (Å²) in [5.74, 6) is 0. The van der Waals surface area contributed by atoms with E-state index in [2.05, 4.69) is 6.92 Å². The average molecular weight is 355 g/mol. The maximum Gasteiger partial charge on any atom is -0.0237 e. The Morgan fingerprint density at radius 3 is 1.46 bits per heavy atom. The molecule has 1 heteroatoms. The topological polar surface area (TPSA) is 0 Å². The molecule has 1 rings (SSSR count). The number of hydrogen-bond donors (Lipinski definition) is 0. The van der Waals surface area contributed by atoms with E-state index in [0.29, 0.717) is 0 Å². The predicted molar refractivity (Wildman–Crippen MR) is 115 cm³/mol. The van der Waals surface area contributed by atoms with Gasteiger partial charge in [0.1, 0.15) is 0 Å². The number of hydrogen-bond acceptors (Lipinski definition) is 0. The smallest absolute Gasteiger partial charge is 0.0237 e. The van der Waals surface area contributed by atoms with E-state index in [1.165, 1.54) is 124 Å². The zero-order chi connectivity index (χ0) is 17.1. The Balaban J connectivity index is 1.96. The van der Waals surface area contributed by atoms with Crippen LogP contribution in [-0.4, -0.2) is 11.8 Å². The van der Waals surface area contributed by atoms with Crippen LogP contribution >= 0.6 is 8.58 Å². The second kappa shape index (κ2) is 18.2. The van der Waals surface area contributed by atoms with Crippen molar-refractivity contribution in [2.45, 2.75) is 141 Å². The third-order valence-corrected chi connectivity index (χ3v) is 7.62. The molecular formula is C23H47P. The van der Waals surface area contributed by atoms with Gasteiger partial charge >= 0.3 is 0 Å². The molecule has 1 atom stereocenters. The number of unbranched alkanes of at least 4 members (excludes halogenated alkanes) is 8. The van der Waals surface area contributed by atoms with Crippen LogP contribution in [0.2, 0.25) is 0 Å². The monoisotopic (exact) mass is 354 g/mol. The van der Waals surface area contributed by atoms with Crippen LogP contribution in [0.4, 0.5) is 0 Å². The van der Waals surface area contributed by atoms with Crippen LogP contribution < -0.4 is 0 Å². The molecule has 0 saturated heterocycles. The van der Waals surface area contributed by atoms with Gasteiger partial charge in [0, 0.05) is 0 Å². The molecule has 144 valence electrons. The van der Waals surface area contributed by atoms with Crippen LogP contribution in [0.25, 0.3) is 0 Å². The molecule has 0 spiro atoms. The van der Waals surface area contributed by atoms with Crippen LogP contribution in [0.5, 0.6) is 0 Å². The Kier molecular flexibility index (Phi) is 17.1. The van der Waals surface area contributed by atoms with Gasteiger partial charge in [-0.3, -0.25) is 0 Å². The molecule has 24 heavy (non-hydrogen) atoms. The normalized spacial score (nSPS) is 19.4. The van der Waals surface area contributed by atoms with Crippen LogP contribution in [0, 0.1) is 0 Å². The summed E-state index contributed by atoms with van der Waals surface area (Å²) in [5.41, 5.74) is 1.10. The van der Waals surface area contributed by atoms with Gasteiger partial charge in [-0.25, -0.2) is 0 Å². The summed E-state index contributed by atoms with van der Waals surface area (Å²) in [7, 11) is 1.28. The van der Waals surface area contributed by atoms with E-state index in [9.17, 15) is 0 Å². The van der Waals surface area contributed by atoms with Crippen molar-refractivity contribution in [2.75, 3.05) is 6.16 Å². The maximum atomic E-state index is 2.31. The molecule has 0 heterocycles. The van der Waals surface area contributed by atoms with Crippen molar-refractivity contribution in [1.82, 2.24) is 0 Å². The SMILES string of the molecule is CCCCCCCCCCCPC1CCCCCCCCCCC1. The summed E-state index contributed by atoms with van der Waals surface area (Å²) in [4.78, 5) is 0. The minimum atomic E-state index is 1.10. The first-order valence-electron chi connectivity index (χ1n) is 11.7. The van der Waals surface area contributed by atoms with Crippen molar-refractivity contribution < 1.29 is 0 Å². The molecule has 0 aromatic rings. The highest BCUT2D eigenvalue weighted by molar-refractivity contribution is 7.38. The van der Waals surface area contributed by atoms with E-state index < -0.39 is 0 Å². The Bertz CT molecular complexity index is 226. The van der Waals surface area contributed by atoms with Crippen molar-refractivity contribution in [1.29, 1.82) is 0 Å². The molecular weight excluding hydrogens is 307 g/mol. The lowest BCUT2D eigenvalue weighted by Gasteiger charge is -2.18. The largest absolute Gasteiger partial charge is 0.119 e. The van der Waals surface area contributed by atoms with E-state index in [4.69, 9.17) is 0 Å². The summed E-state index contributed by atoms with van der Waals surface area (Å²) < 4.78 is 0. The molecule has 1 aliphatic carbocycles. The zero-order valence-corrected chi connectivity index (χ0v) is 17.9. The molecule has 0 aliphatic heterocycles. The van der Waals surface area contributed by atoms with Gasteiger partial charge in [-0.15, -0.1) is 8.58 Å². The van der Waals surface area contributed by atoms with Crippen LogP contribution in [0.3, 0.4) is 0 Å². The average Bonchev–Trinajstić information content (AvgIpc) is 2.58. The number of rotatable bonds is 11. The molecule has 0 bridgehead atoms. The Morgan fingerprint density at radius 2 is 0.958 bits per heavy atom. The molecule has 0 radical (unpaired) electrons. The quantitative estimate of drug-likeness (QED) is 0.257. The van der Waals surface area contributed by atoms with Gasteiger partial charge in [0.2, 0.25) is 0 Å².